The lowest BCUT2D eigenvalue weighted by Gasteiger charge is -2.05. The number of halogens is 1. The largest absolute Gasteiger partial charge is 0.114 e. The molecule has 2 aromatic carbocycles. The monoisotopic (exact) mass is 242 g/mol. The molecule has 2 aromatic rings. The van der Waals surface area contributed by atoms with Crippen LogP contribution in [0.3, 0.4) is 0 Å². The third-order valence-electron chi connectivity index (χ3n) is 2.10. The fourth-order valence-electron chi connectivity index (χ4n) is 1.42. The maximum absolute atomic E-state index is 5.89. The van der Waals surface area contributed by atoms with Crippen molar-refractivity contribution in [2.24, 2.45) is 0 Å². The van der Waals surface area contributed by atoms with E-state index in [2.05, 4.69) is 28.1 Å². The van der Waals surface area contributed by atoms with Gasteiger partial charge in [0.15, 0.2) is 0 Å². The highest BCUT2D eigenvalue weighted by atomic mass is 79.9. The average molecular weight is 243 g/mol. The van der Waals surface area contributed by atoms with Gasteiger partial charge in [0, 0.05) is 4.47 Å². The lowest BCUT2D eigenvalue weighted by atomic mass is 9.87. The summed E-state index contributed by atoms with van der Waals surface area (Å²) in [5.41, 5.74) is 3.02. The highest BCUT2D eigenvalue weighted by Gasteiger charge is 1.99. The fraction of sp³-hybridized carbons (Fsp3) is 0. The molecule has 0 spiro atoms. The molecule has 0 nitrogen and oxygen atoms in total. The van der Waals surface area contributed by atoms with E-state index in [9.17, 15) is 0 Å². The van der Waals surface area contributed by atoms with Gasteiger partial charge in [-0.2, -0.15) is 0 Å². The van der Waals surface area contributed by atoms with Gasteiger partial charge in [-0.25, -0.2) is 0 Å². The molecule has 0 fully saturated rings. The topological polar surface area (TPSA) is 0 Å². The summed E-state index contributed by atoms with van der Waals surface area (Å²) in [5, 5.41) is 0. The van der Waals surface area contributed by atoms with Gasteiger partial charge in [-0.15, -0.1) is 0 Å². The van der Waals surface area contributed by atoms with Crippen molar-refractivity contribution in [1.29, 1.82) is 0 Å². The van der Waals surface area contributed by atoms with Gasteiger partial charge in [-0.1, -0.05) is 57.8 Å². The summed E-state index contributed by atoms with van der Waals surface area (Å²) in [7, 11) is 5.89. The molecule has 66 valence electrons. The Morgan fingerprint density at radius 3 is 2.43 bits per heavy atom. The van der Waals surface area contributed by atoms with Crippen molar-refractivity contribution in [3.8, 4) is 11.1 Å². The van der Waals surface area contributed by atoms with E-state index in [0.29, 0.717) is 0 Å². The lowest BCUT2D eigenvalue weighted by molar-refractivity contribution is 1.61. The Bertz CT molecular complexity index is 452. The summed E-state index contributed by atoms with van der Waals surface area (Å²) >= 11 is 3.44. The molecular weight excluding hydrogens is 235 g/mol. The summed E-state index contributed by atoms with van der Waals surface area (Å²) in [5.74, 6) is 0. The second-order valence-corrected chi connectivity index (χ2v) is 4.01. The van der Waals surface area contributed by atoms with Crippen LogP contribution in [0.15, 0.2) is 53.0 Å². The summed E-state index contributed by atoms with van der Waals surface area (Å²) in [6.07, 6.45) is 0. The third-order valence-corrected chi connectivity index (χ3v) is 2.59. The van der Waals surface area contributed by atoms with Crippen LogP contribution < -0.4 is 5.46 Å². The van der Waals surface area contributed by atoms with E-state index in [4.69, 9.17) is 7.85 Å². The van der Waals surface area contributed by atoms with E-state index in [1.807, 2.05) is 36.4 Å². The van der Waals surface area contributed by atoms with Crippen molar-refractivity contribution in [3.05, 3.63) is 53.0 Å². The molecule has 0 aliphatic carbocycles. The molecule has 0 saturated carbocycles. The van der Waals surface area contributed by atoms with Gasteiger partial charge < -0.3 is 0 Å². The van der Waals surface area contributed by atoms with Crippen LogP contribution in [0, 0.1) is 0 Å². The van der Waals surface area contributed by atoms with Gasteiger partial charge in [0.1, 0.15) is 7.85 Å². The van der Waals surface area contributed by atoms with Crippen molar-refractivity contribution in [3.63, 3.8) is 0 Å². The van der Waals surface area contributed by atoms with Gasteiger partial charge >= 0.3 is 0 Å². The van der Waals surface area contributed by atoms with Crippen LogP contribution in [0.25, 0.3) is 11.1 Å². The first-order chi connectivity index (χ1) is 6.77. The zero-order chi connectivity index (χ0) is 9.97. The Morgan fingerprint density at radius 1 is 0.929 bits per heavy atom. The smallest absolute Gasteiger partial charge is 0.0890 e. The van der Waals surface area contributed by atoms with Crippen LogP contribution in [0.2, 0.25) is 0 Å². The molecule has 0 heterocycles. The van der Waals surface area contributed by atoms with E-state index >= 15 is 0 Å². The maximum atomic E-state index is 5.89. The molecule has 0 aromatic heterocycles. The average Bonchev–Trinajstić information content (AvgIpc) is 2.18. The molecule has 0 amide bonds. The van der Waals surface area contributed by atoms with E-state index in [1.165, 1.54) is 0 Å². The molecular formula is C12H8BBr. The molecule has 14 heavy (non-hydrogen) atoms. The standard InChI is InChI=1S/C12H8BBr/c13-12-7-2-1-6-11(12)9-4-3-5-10(14)8-9/h1-8H. The minimum Gasteiger partial charge on any atom is -0.0890 e. The van der Waals surface area contributed by atoms with Gasteiger partial charge in [-0.05, 0) is 23.3 Å². The van der Waals surface area contributed by atoms with Crippen molar-refractivity contribution in [1.82, 2.24) is 0 Å². The van der Waals surface area contributed by atoms with Crippen molar-refractivity contribution < 1.29 is 0 Å². The summed E-state index contributed by atoms with van der Waals surface area (Å²) < 4.78 is 1.07. The number of benzene rings is 2. The lowest BCUT2D eigenvalue weighted by Crippen LogP contribution is -2.05. The predicted octanol–water partition coefficient (Wildman–Crippen LogP) is 2.91. The highest BCUT2D eigenvalue weighted by Crippen LogP contribution is 2.20. The Hall–Kier alpha value is -1.02. The Balaban J connectivity index is 2.55. The normalized spacial score (nSPS) is 10.1. The zero-order valence-corrected chi connectivity index (χ0v) is 9.16. The molecule has 0 aliphatic rings. The third kappa shape index (κ3) is 1.90. The van der Waals surface area contributed by atoms with Crippen molar-refractivity contribution in [2.45, 2.75) is 0 Å². The van der Waals surface area contributed by atoms with Crippen LogP contribution in [0.5, 0.6) is 0 Å². The molecule has 2 radical (unpaired) electrons. The van der Waals surface area contributed by atoms with E-state index in [0.717, 1.165) is 21.1 Å². The SMILES string of the molecule is [B]c1ccccc1-c1cccc(Br)c1. The molecule has 0 atom stereocenters. The Kier molecular flexibility index (Phi) is 2.73. The van der Waals surface area contributed by atoms with E-state index < -0.39 is 0 Å². The van der Waals surface area contributed by atoms with Gasteiger partial charge in [0.05, 0.1) is 0 Å². The second-order valence-electron chi connectivity index (χ2n) is 3.10. The fourth-order valence-corrected chi connectivity index (χ4v) is 1.82. The number of hydrogen-bond donors (Lipinski definition) is 0. The molecule has 0 bridgehead atoms. The number of rotatable bonds is 1. The minimum absolute atomic E-state index is 0.811. The quantitative estimate of drug-likeness (QED) is 0.675. The second kappa shape index (κ2) is 4.01. The Morgan fingerprint density at radius 2 is 1.71 bits per heavy atom. The van der Waals surface area contributed by atoms with Gasteiger partial charge in [0.2, 0.25) is 0 Å². The first-order valence-corrected chi connectivity index (χ1v) is 5.17. The van der Waals surface area contributed by atoms with Crippen LogP contribution >= 0.6 is 15.9 Å². The van der Waals surface area contributed by atoms with Crippen molar-refractivity contribution >= 4 is 29.2 Å². The van der Waals surface area contributed by atoms with Crippen molar-refractivity contribution in [2.75, 3.05) is 0 Å². The molecule has 0 aliphatic heterocycles. The Labute approximate surface area is 93.5 Å². The summed E-state index contributed by atoms with van der Waals surface area (Å²) in [6, 6.07) is 16.0. The molecule has 0 N–H and O–H groups in total. The van der Waals surface area contributed by atoms with E-state index in [-0.39, 0.29) is 0 Å². The first-order valence-electron chi connectivity index (χ1n) is 4.38. The highest BCUT2D eigenvalue weighted by molar-refractivity contribution is 9.10. The van der Waals surface area contributed by atoms with Crippen LogP contribution in [-0.4, -0.2) is 7.85 Å². The summed E-state index contributed by atoms with van der Waals surface area (Å²) in [4.78, 5) is 0. The summed E-state index contributed by atoms with van der Waals surface area (Å²) in [6.45, 7) is 0. The first kappa shape index (κ1) is 9.54. The molecule has 0 unspecified atom stereocenters. The molecule has 2 heteroatoms. The van der Waals surface area contributed by atoms with Gasteiger partial charge in [-0.3, -0.25) is 0 Å². The molecule has 0 saturated heterocycles. The zero-order valence-electron chi connectivity index (χ0n) is 7.57. The molecule has 2 rings (SSSR count). The predicted molar refractivity (Wildman–Crippen MR) is 65.0 cm³/mol. The van der Waals surface area contributed by atoms with Crippen LogP contribution in [-0.2, 0) is 0 Å². The minimum atomic E-state index is 0.811. The maximum Gasteiger partial charge on any atom is 0.114 e. The van der Waals surface area contributed by atoms with Crippen LogP contribution in [0.1, 0.15) is 0 Å². The van der Waals surface area contributed by atoms with Gasteiger partial charge in [0.25, 0.3) is 0 Å². The van der Waals surface area contributed by atoms with E-state index in [1.54, 1.807) is 0 Å². The number of hydrogen-bond acceptors (Lipinski definition) is 0. The van der Waals surface area contributed by atoms with Crippen LogP contribution in [0.4, 0.5) is 0 Å².